The molecule has 1 aromatic rings. The fourth-order valence-corrected chi connectivity index (χ4v) is 2.31. The molecule has 3 N–H and O–H groups in total. The SMILES string of the molecule is CC(NCC1CCCO1)(C(N)=O)c1ccccc1F. The molecule has 1 aliphatic heterocycles. The maximum atomic E-state index is 13.9. The quantitative estimate of drug-likeness (QED) is 0.844. The number of hydrogen-bond donors (Lipinski definition) is 2. The standard InChI is InChI=1S/C14H19FN2O2/c1-14(13(16)18,11-6-2-3-7-12(11)15)17-9-10-5-4-8-19-10/h2-3,6-7,10,17H,4-5,8-9H2,1H3,(H2,16,18). The van der Waals surface area contributed by atoms with Crippen LogP contribution in [-0.2, 0) is 15.1 Å². The largest absolute Gasteiger partial charge is 0.377 e. The normalized spacial score (nSPS) is 22.1. The Labute approximate surface area is 112 Å². The monoisotopic (exact) mass is 266 g/mol. The molecule has 0 bridgehead atoms. The highest BCUT2D eigenvalue weighted by Gasteiger charge is 2.36. The van der Waals surface area contributed by atoms with E-state index in [2.05, 4.69) is 5.32 Å². The summed E-state index contributed by atoms with van der Waals surface area (Å²) >= 11 is 0. The van der Waals surface area contributed by atoms with E-state index in [0.29, 0.717) is 6.54 Å². The zero-order chi connectivity index (χ0) is 13.9. The summed E-state index contributed by atoms with van der Waals surface area (Å²) < 4.78 is 19.4. The first kappa shape index (κ1) is 14.0. The Hall–Kier alpha value is -1.46. The van der Waals surface area contributed by atoms with Crippen molar-refractivity contribution in [3.63, 3.8) is 0 Å². The van der Waals surface area contributed by atoms with Gasteiger partial charge in [0.15, 0.2) is 0 Å². The molecule has 1 saturated heterocycles. The average molecular weight is 266 g/mol. The molecule has 0 radical (unpaired) electrons. The third-order valence-electron chi connectivity index (χ3n) is 3.61. The number of nitrogens with one attached hydrogen (secondary N) is 1. The molecule has 2 unspecified atom stereocenters. The third kappa shape index (κ3) is 2.93. The predicted octanol–water partition coefficient (Wildman–Crippen LogP) is 1.29. The maximum absolute atomic E-state index is 13.9. The number of carbonyl (C=O) groups is 1. The van der Waals surface area contributed by atoms with Crippen LogP contribution in [0.1, 0.15) is 25.3 Å². The van der Waals surface area contributed by atoms with Crippen molar-refractivity contribution in [1.29, 1.82) is 0 Å². The van der Waals surface area contributed by atoms with Gasteiger partial charge in [0.2, 0.25) is 5.91 Å². The van der Waals surface area contributed by atoms with Crippen LogP contribution < -0.4 is 11.1 Å². The lowest BCUT2D eigenvalue weighted by atomic mass is 9.90. The minimum Gasteiger partial charge on any atom is -0.377 e. The lowest BCUT2D eigenvalue weighted by Crippen LogP contribution is -2.52. The molecule has 0 aromatic heterocycles. The van der Waals surface area contributed by atoms with Gasteiger partial charge >= 0.3 is 0 Å². The first-order valence-corrected chi connectivity index (χ1v) is 6.45. The topological polar surface area (TPSA) is 64.3 Å². The van der Waals surface area contributed by atoms with E-state index >= 15 is 0 Å². The van der Waals surface area contributed by atoms with Crippen molar-refractivity contribution in [1.82, 2.24) is 5.32 Å². The van der Waals surface area contributed by atoms with Gasteiger partial charge in [0.1, 0.15) is 11.4 Å². The lowest BCUT2D eigenvalue weighted by molar-refractivity contribution is -0.124. The number of nitrogens with two attached hydrogens (primary N) is 1. The number of primary amides is 1. The summed E-state index contributed by atoms with van der Waals surface area (Å²) in [4.78, 5) is 11.7. The van der Waals surface area contributed by atoms with Crippen molar-refractivity contribution in [3.8, 4) is 0 Å². The van der Waals surface area contributed by atoms with Crippen molar-refractivity contribution in [2.45, 2.75) is 31.4 Å². The minimum atomic E-state index is -1.22. The first-order valence-electron chi connectivity index (χ1n) is 6.45. The molecule has 0 saturated carbocycles. The molecule has 104 valence electrons. The minimum absolute atomic E-state index is 0.0606. The van der Waals surface area contributed by atoms with Crippen LogP contribution in [0.25, 0.3) is 0 Å². The highest BCUT2D eigenvalue weighted by molar-refractivity contribution is 5.85. The number of carbonyl (C=O) groups excluding carboxylic acids is 1. The predicted molar refractivity (Wildman–Crippen MR) is 69.9 cm³/mol. The van der Waals surface area contributed by atoms with Gasteiger partial charge < -0.3 is 10.5 Å². The average Bonchev–Trinajstić information content (AvgIpc) is 2.89. The Bertz CT molecular complexity index is 461. The van der Waals surface area contributed by atoms with Crippen molar-refractivity contribution in [2.75, 3.05) is 13.2 Å². The number of ether oxygens (including phenoxy) is 1. The second-order valence-corrected chi connectivity index (χ2v) is 4.99. The van der Waals surface area contributed by atoms with E-state index in [4.69, 9.17) is 10.5 Å². The number of benzene rings is 1. The van der Waals surface area contributed by atoms with Gasteiger partial charge in [0, 0.05) is 18.7 Å². The van der Waals surface area contributed by atoms with Gasteiger partial charge in [0.25, 0.3) is 0 Å². The highest BCUT2D eigenvalue weighted by atomic mass is 19.1. The van der Waals surface area contributed by atoms with Gasteiger partial charge in [0.05, 0.1) is 6.10 Å². The molecule has 1 fully saturated rings. The molecule has 4 nitrogen and oxygen atoms in total. The summed E-state index contributed by atoms with van der Waals surface area (Å²) in [7, 11) is 0. The number of hydrogen-bond acceptors (Lipinski definition) is 3. The van der Waals surface area contributed by atoms with Crippen LogP contribution in [0.3, 0.4) is 0 Å². The van der Waals surface area contributed by atoms with Crippen molar-refractivity contribution in [2.24, 2.45) is 5.73 Å². The molecule has 1 heterocycles. The van der Waals surface area contributed by atoms with E-state index in [1.54, 1.807) is 25.1 Å². The Balaban J connectivity index is 2.17. The van der Waals surface area contributed by atoms with E-state index in [-0.39, 0.29) is 11.7 Å². The summed E-state index contributed by atoms with van der Waals surface area (Å²) in [5, 5.41) is 3.06. The van der Waals surface area contributed by atoms with E-state index in [9.17, 15) is 9.18 Å². The fraction of sp³-hybridized carbons (Fsp3) is 0.500. The Kier molecular flexibility index (Phi) is 4.17. The molecular formula is C14H19FN2O2. The van der Waals surface area contributed by atoms with E-state index in [1.807, 2.05) is 0 Å². The Morgan fingerprint density at radius 2 is 2.32 bits per heavy atom. The van der Waals surface area contributed by atoms with Crippen molar-refractivity contribution in [3.05, 3.63) is 35.6 Å². The highest BCUT2D eigenvalue weighted by Crippen LogP contribution is 2.24. The van der Waals surface area contributed by atoms with Crippen LogP contribution in [0.5, 0.6) is 0 Å². The molecule has 1 aromatic carbocycles. The molecule has 1 aliphatic rings. The molecular weight excluding hydrogens is 247 g/mol. The molecule has 2 rings (SSSR count). The van der Waals surface area contributed by atoms with Gasteiger partial charge in [-0.1, -0.05) is 18.2 Å². The fourth-order valence-electron chi connectivity index (χ4n) is 2.31. The molecule has 2 atom stereocenters. The zero-order valence-corrected chi connectivity index (χ0v) is 11.0. The van der Waals surface area contributed by atoms with Gasteiger partial charge in [-0.05, 0) is 25.8 Å². The molecule has 19 heavy (non-hydrogen) atoms. The van der Waals surface area contributed by atoms with Crippen molar-refractivity contribution < 1.29 is 13.9 Å². The Morgan fingerprint density at radius 3 is 2.89 bits per heavy atom. The van der Waals surface area contributed by atoms with Gasteiger partial charge in [-0.3, -0.25) is 10.1 Å². The molecule has 1 amide bonds. The summed E-state index contributed by atoms with van der Waals surface area (Å²) in [6, 6.07) is 6.17. The number of rotatable bonds is 5. The van der Waals surface area contributed by atoms with Crippen LogP contribution in [0.15, 0.2) is 24.3 Å². The maximum Gasteiger partial charge on any atom is 0.242 e. The lowest BCUT2D eigenvalue weighted by Gasteiger charge is -2.29. The second kappa shape index (κ2) is 5.67. The Morgan fingerprint density at radius 1 is 1.58 bits per heavy atom. The first-order chi connectivity index (χ1) is 9.04. The summed E-state index contributed by atoms with van der Waals surface area (Å²) in [5.41, 5.74) is 4.49. The molecule has 5 heteroatoms. The summed E-state index contributed by atoms with van der Waals surface area (Å²) in [6.07, 6.45) is 2.02. The van der Waals surface area contributed by atoms with Crippen LogP contribution in [0.2, 0.25) is 0 Å². The number of halogens is 1. The van der Waals surface area contributed by atoms with Crippen LogP contribution >= 0.6 is 0 Å². The van der Waals surface area contributed by atoms with Crippen molar-refractivity contribution >= 4 is 5.91 Å². The summed E-state index contributed by atoms with van der Waals surface area (Å²) in [5.74, 6) is -1.04. The summed E-state index contributed by atoms with van der Waals surface area (Å²) in [6.45, 7) is 2.82. The van der Waals surface area contributed by atoms with E-state index in [0.717, 1.165) is 19.4 Å². The van der Waals surface area contributed by atoms with Gasteiger partial charge in [-0.25, -0.2) is 4.39 Å². The van der Waals surface area contributed by atoms with E-state index < -0.39 is 17.3 Å². The number of amides is 1. The smallest absolute Gasteiger partial charge is 0.242 e. The van der Waals surface area contributed by atoms with E-state index in [1.165, 1.54) is 6.07 Å². The molecule has 0 spiro atoms. The third-order valence-corrected chi connectivity index (χ3v) is 3.61. The second-order valence-electron chi connectivity index (χ2n) is 4.99. The van der Waals surface area contributed by atoms with Crippen LogP contribution in [0, 0.1) is 5.82 Å². The van der Waals surface area contributed by atoms with Gasteiger partial charge in [-0.2, -0.15) is 0 Å². The van der Waals surface area contributed by atoms with Crippen LogP contribution in [-0.4, -0.2) is 25.2 Å². The van der Waals surface area contributed by atoms with Crippen LogP contribution in [0.4, 0.5) is 4.39 Å². The zero-order valence-electron chi connectivity index (χ0n) is 11.0. The van der Waals surface area contributed by atoms with Gasteiger partial charge in [-0.15, -0.1) is 0 Å². The molecule has 0 aliphatic carbocycles.